The molecular weight excluding hydrogens is 376 g/mol. The molecule has 0 spiro atoms. The third-order valence-corrected chi connectivity index (χ3v) is 4.87. The van der Waals surface area contributed by atoms with Crippen LogP contribution in [0.2, 0.25) is 0 Å². The van der Waals surface area contributed by atoms with Crippen molar-refractivity contribution in [3.05, 3.63) is 71.7 Å². The summed E-state index contributed by atoms with van der Waals surface area (Å²) in [6, 6.07) is 7.29. The van der Waals surface area contributed by atoms with E-state index >= 15 is 0 Å². The zero-order chi connectivity index (χ0) is 21.3. The molecule has 0 saturated heterocycles. The van der Waals surface area contributed by atoms with Crippen LogP contribution < -0.4 is 10.6 Å². The van der Waals surface area contributed by atoms with Gasteiger partial charge in [0.15, 0.2) is 0 Å². The Morgan fingerprint density at radius 3 is 2.46 bits per heavy atom. The molecule has 2 aliphatic heterocycles. The van der Waals surface area contributed by atoms with E-state index in [2.05, 4.69) is 23.8 Å². The van der Waals surface area contributed by atoms with Crippen LogP contribution in [0.25, 0.3) is 5.70 Å². The molecule has 28 heavy (non-hydrogen) atoms. The van der Waals surface area contributed by atoms with Crippen molar-refractivity contribution in [3.63, 3.8) is 0 Å². The van der Waals surface area contributed by atoms with Crippen LogP contribution >= 0.6 is 0 Å². The Kier molecular flexibility index (Phi) is 8.88. The minimum absolute atomic E-state index is 0.152. The Morgan fingerprint density at radius 2 is 1.82 bits per heavy atom. The van der Waals surface area contributed by atoms with Gasteiger partial charge in [0.05, 0.1) is 17.0 Å². The van der Waals surface area contributed by atoms with E-state index in [9.17, 15) is 17.8 Å². The molecule has 3 rings (SSSR count). The van der Waals surface area contributed by atoms with Crippen molar-refractivity contribution in [3.8, 4) is 0 Å². The van der Waals surface area contributed by atoms with Crippen LogP contribution in [-0.4, -0.2) is 24.9 Å². The molecule has 0 saturated carbocycles. The van der Waals surface area contributed by atoms with Crippen LogP contribution in [-0.2, 0) is 14.9 Å². The highest BCUT2D eigenvalue weighted by molar-refractivity contribution is 7.90. The molecule has 2 aliphatic rings. The number of para-hydroxylation sites is 1. The predicted molar refractivity (Wildman–Crippen MR) is 115 cm³/mol. The molecule has 0 fully saturated rings. The van der Waals surface area contributed by atoms with Gasteiger partial charge in [-0.2, -0.15) is 8.42 Å². The van der Waals surface area contributed by atoms with Crippen molar-refractivity contribution < 1.29 is 17.8 Å². The summed E-state index contributed by atoms with van der Waals surface area (Å²) in [6.45, 7) is 11.9. The summed E-state index contributed by atoms with van der Waals surface area (Å²) in [4.78, 5) is 12.0. The SMILES string of the molecule is C=C.CC.CC1/C=C\C(S(=O)(=O)O)=C/CC2=C(N1)c1ccccc1NC(=O)C2. The molecule has 7 heteroatoms. The molecular formula is C21H28N2O4S. The van der Waals surface area contributed by atoms with Crippen molar-refractivity contribution in [2.45, 2.75) is 39.7 Å². The van der Waals surface area contributed by atoms with Gasteiger partial charge in [-0.05, 0) is 31.1 Å². The topological polar surface area (TPSA) is 95.5 Å². The molecule has 0 aliphatic carbocycles. The van der Waals surface area contributed by atoms with E-state index in [1.807, 2.05) is 45.0 Å². The first kappa shape index (κ1) is 23.4. The first-order valence-electron chi connectivity index (χ1n) is 9.08. The number of nitrogens with one attached hydrogen (secondary N) is 2. The third-order valence-electron chi connectivity index (χ3n) is 3.97. The highest BCUT2D eigenvalue weighted by atomic mass is 32.2. The first-order chi connectivity index (χ1) is 13.3. The van der Waals surface area contributed by atoms with Gasteiger partial charge in [-0.25, -0.2) is 0 Å². The van der Waals surface area contributed by atoms with Gasteiger partial charge in [-0.1, -0.05) is 44.2 Å². The minimum Gasteiger partial charge on any atom is -0.379 e. The van der Waals surface area contributed by atoms with Crippen LogP contribution in [0.1, 0.15) is 39.2 Å². The van der Waals surface area contributed by atoms with Crippen LogP contribution in [0.5, 0.6) is 0 Å². The van der Waals surface area contributed by atoms with E-state index in [-0.39, 0.29) is 29.7 Å². The van der Waals surface area contributed by atoms with Crippen LogP contribution in [0.4, 0.5) is 5.69 Å². The highest BCUT2D eigenvalue weighted by Crippen LogP contribution is 2.32. The first-order valence-corrected chi connectivity index (χ1v) is 10.5. The summed E-state index contributed by atoms with van der Waals surface area (Å²) in [7, 11) is -4.30. The molecule has 1 aromatic carbocycles. The second kappa shape index (κ2) is 10.6. The number of carbonyl (C=O) groups excluding carboxylic acids is 1. The molecule has 0 radical (unpaired) electrons. The number of carbonyl (C=O) groups is 1. The number of fused-ring (bicyclic) bond motifs is 2. The van der Waals surface area contributed by atoms with Crippen LogP contribution in [0.15, 0.2) is 66.1 Å². The summed E-state index contributed by atoms with van der Waals surface area (Å²) in [5.74, 6) is -0.157. The Hall–Kier alpha value is -2.64. The predicted octanol–water partition coefficient (Wildman–Crippen LogP) is 4.28. The van der Waals surface area contributed by atoms with Crippen LogP contribution in [0, 0.1) is 0 Å². The fraction of sp³-hybridized carbons (Fsp3) is 0.286. The second-order valence-corrected chi connectivity index (χ2v) is 7.25. The Labute approximate surface area is 167 Å². The Bertz CT molecular complexity index is 899. The van der Waals surface area contributed by atoms with Gasteiger partial charge in [0.25, 0.3) is 10.1 Å². The van der Waals surface area contributed by atoms with E-state index < -0.39 is 10.1 Å². The zero-order valence-electron chi connectivity index (χ0n) is 16.5. The third kappa shape index (κ3) is 5.94. The quantitative estimate of drug-likeness (QED) is 0.480. The maximum absolute atomic E-state index is 12.2. The van der Waals surface area contributed by atoms with Gasteiger partial charge in [-0.3, -0.25) is 9.35 Å². The number of amides is 1. The minimum atomic E-state index is -4.30. The molecule has 1 unspecified atom stereocenters. The number of anilines is 1. The van der Waals surface area contributed by atoms with Crippen molar-refractivity contribution in [1.82, 2.24) is 5.32 Å². The van der Waals surface area contributed by atoms with Gasteiger partial charge in [0.2, 0.25) is 5.91 Å². The number of hydrogen-bond donors (Lipinski definition) is 3. The lowest BCUT2D eigenvalue weighted by atomic mass is 10.0. The van der Waals surface area contributed by atoms with Gasteiger partial charge < -0.3 is 10.6 Å². The van der Waals surface area contributed by atoms with E-state index in [4.69, 9.17) is 0 Å². The van der Waals surface area contributed by atoms with E-state index in [0.717, 1.165) is 22.5 Å². The summed E-state index contributed by atoms with van der Waals surface area (Å²) in [6.07, 6.45) is 4.88. The normalized spacial score (nSPS) is 21.5. The molecule has 0 bridgehead atoms. The fourth-order valence-electron chi connectivity index (χ4n) is 2.83. The van der Waals surface area contributed by atoms with Crippen molar-refractivity contribution >= 4 is 27.4 Å². The van der Waals surface area contributed by atoms with Gasteiger partial charge in [0, 0.05) is 17.3 Å². The van der Waals surface area contributed by atoms with Gasteiger partial charge >= 0.3 is 0 Å². The molecule has 2 heterocycles. The summed E-state index contributed by atoms with van der Waals surface area (Å²) >= 11 is 0. The summed E-state index contributed by atoms with van der Waals surface area (Å²) < 4.78 is 32.3. The smallest absolute Gasteiger partial charge is 0.294 e. The highest BCUT2D eigenvalue weighted by Gasteiger charge is 2.23. The number of hydrogen-bond acceptors (Lipinski definition) is 4. The monoisotopic (exact) mass is 404 g/mol. The molecule has 152 valence electrons. The maximum Gasteiger partial charge on any atom is 0.294 e. The Morgan fingerprint density at radius 1 is 1.18 bits per heavy atom. The number of allylic oxidation sites excluding steroid dienone is 2. The van der Waals surface area contributed by atoms with E-state index in [0.29, 0.717) is 0 Å². The molecule has 3 N–H and O–H groups in total. The van der Waals surface area contributed by atoms with Crippen molar-refractivity contribution in [2.75, 3.05) is 5.32 Å². The standard InChI is InChI=1S/C17H18N2O4S.C2H6.C2H4/c1-11-6-8-13(24(21,22)23)9-7-12-10-16(20)19-15-5-3-2-4-14(15)17(12)18-11;2*1-2/h2-6,8-9,11,18H,7,10H2,1H3,(H,19,20)(H,21,22,23);1-2H3;1-2H2/b8-6-,13-9+;;. The average molecular weight is 405 g/mol. The lowest BCUT2D eigenvalue weighted by molar-refractivity contribution is -0.115. The summed E-state index contributed by atoms with van der Waals surface area (Å²) in [5.41, 5.74) is 3.17. The number of benzene rings is 1. The number of rotatable bonds is 1. The van der Waals surface area contributed by atoms with Gasteiger partial charge in [0.1, 0.15) is 0 Å². The molecule has 1 aromatic rings. The molecule has 1 amide bonds. The van der Waals surface area contributed by atoms with E-state index in [1.54, 1.807) is 6.08 Å². The van der Waals surface area contributed by atoms with Crippen molar-refractivity contribution in [1.29, 1.82) is 0 Å². The fourth-order valence-corrected chi connectivity index (χ4v) is 3.37. The Balaban J connectivity index is 0.000000921. The average Bonchev–Trinajstić information content (AvgIpc) is 2.74. The second-order valence-electron chi connectivity index (χ2n) is 5.83. The molecule has 1 atom stereocenters. The maximum atomic E-state index is 12.2. The van der Waals surface area contributed by atoms with Crippen molar-refractivity contribution in [2.24, 2.45) is 0 Å². The largest absolute Gasteiger partial charge is 0.379 e. The lowest BCUT2D eigenvalue weighted by Gasteiger charge is -2.18. The summed E-state index contributed by atoms with van der Waals surface area (Å²) in [5, 5.41) is 6.20. The zero-order valence-corrected chi connectivity index (χ0v) is 17.3. The molecule has 0 aromatic heterocycles. The van der Waals surface area contributed by atoms with Gasteiger partial charge in [-0.15, -0.1) is 13.2 Å². The van der Waals surface area contributed by atoms with E-state index in [1.165, 1.54) is 12.2 Å². The molecule has 6 nitrogen and oxygen atoms in total. The van der Waals surface area contributed by atoms with Crippen LogP contribution in [0.3, 0.4) is 0 Å². The lowest BCUT2D eigenvalue weighted by Crippen LogP contribution is -2.23.